The van der Waals surface area contributed by atoms with Gasteiger partial charge in [0.25, 0.3) is 0 Å². The van der Waals surface area contributed by atoms with Gasteiger partial charge in [0.1, 0.15) is 0 Å². The molecule has 0 spiro atoms. The van der Waals surface area contributed by atoms with E-state index < -0.39 is 0 Å². The van der Waals surface area contributed by atoms with E-state index in [1.807, 2.05) is 35.6 Å². The zero-order valence-corrected chi connectivity index (χ0v) is 31.0. The lowest BCUT2D eigenvalue weighted by molar-refractivity contribution is 1.08. The fraction of sp³-hybridized carbons (Fsp3) is 0. The summed E-state index contributed by atoms with van der Waals surface area (Å²) in [6, 6.07) is 68.5. The van der Waals surface area contributed by atoms with E-state index in [-0.39, 0.29) is 0 Å². The molecule has 0 saturated heterocycles. The highest BCUT2D eigenvalue weighted by Crippen LogP contribution is 2.46. The van der Waals surface area contributed by atoms with Gasteiger partial charge in [0.15, 0.2) is 17.5 Å². The molecule has 11 rings (SSSR count). The van der Waals surface area contributed by atoms with Gasteiger partial charge in [0.05, 0.1) is 16.7 Å². The van der Waals surface area contributed by atoms with Crippen LogP contribution in [-0.4, -0.2) is 19.5 Å². The molecule has 0 aliphatic rings. The predicted octanol–water partition coefficient (Wildman–Crippen LogP) is 13.7. The summed E-state index contributed by atoms with van der Waals surface area (Å²) >= 11 is 1.81. The number of nitrogens with zero attached hydrogens (tertiary/aromatic N) is 4. The van der Waals surface area contributed by atoms with Crippen molar-refractivity contribution in [2.75, 3.05) is 0 Å². The minimum Gasteiger partial charge on any atom is -0.309 e. The Kier molecular flexibility index (Phi) is 7.64. The smallest absolute Gasteiger partial charge is 0.164 e. The largest absolute Gasteiger partial charge is 0.309 e. The van der Waals surface area contributed by atoms with E-state index in [0.717, 1.165) is 33.3 Å². The van der Waals surface area contributed by atoms with Crippen LogP contribution in [0.3, 0.4) is 0 Å². The summed E-state index contributed by atoms with van der Waals surface area (Å²) < 4.78 is 4.83. The molecule has 0 amide bonds. The summed E-state index contributed by atoms with van der Waals surface area (Å²) in [5.74, 6) is 1.94. The topological polar surface area (TPSA) is 43.6 Å². The molecule has 0 aliphatic carbocycles. The SMILES string of the molecule is c1ccc(-c2ccc(-c3nc(-c4ccccc4)nc(-c4cccc5sc6cccc(-c7ccccc7-n7c8ccccc8c8ccccc87)c6c45)n3)cc2)cc1. The second-order valence-corrected chi connectivity index (χ2v) is 15.0. The molecule has 3 heterocycles. The normalized spacial score (nSPS) is 11.6. The van der Waals surface area contributed by atoms with Crippen LogP contribution >= 0.6 is 11.3 Å². The number of fused-ring (bicyclic) bond motifs is 6. The summed E-state index contributed by atoms with van der Waals surface area (Å²) in [6.07, 6.45) is 0. The van der Waals surface area contributed by atoms with E-state index in [1.54, 1.807) is 0 Å². The van der Waals surface area contributed by atoms with Gasteiger partial charge in [0, 0.05) is 53.2 Å². The molecule has 4 nitrogen and oxygen atoms in total. The Bertz CT molecular complexity index is 3180. The summed E-state index contributed by atoms with van der Waals surface area (Å²) in [6.45, 7) is 0. The van der Waals surface area contributed by atoms with Crippen molar-refractivity contribution < 1.29 is 0 Å². The van der Waals surface area contributed by atoms with E-state index in [4.69, 9.17) is 15.0 Å². The molecule has 3 aromatic heterocycles. The van der Waals surface area contributed by atoms with Gasteiger partial charge >= 0.3 is 0 Å². The summed E-state index contributed by atoms with van der Waals surface area (Å²) in [4.78, 5) is 15.5. The lowest BCUT2D eigenvalue weighted by atomic mass is 9.95. The Morgan fingerprint density at radius 1 is 0.321 bits per heavy atom. The third-order valence-corrected chi connectivity index (χ3v) is 11.8. The number of aromatic nitrogens is 4. The van der Waals surface area contributed by atoms with Crippen molar-refractivity contribution in [3.05, 3.63) is 194 Å². The lowest BCUT2D eigenvalue weighted by Gasteiger charge is -2.15. The van der Waals surface area contributed by atoms with E-state index >= 15 is 0 Å². The van der Waals surface area contributed by atoms with Crippen molar-refractivity contribution in [1.82, 2.24) is 19.5 Å². The van der Waals surface area contributed by atoms with Gasteiger partial charge in [-0.3, -0.25) is 0 Å². The first-order valence-corrected chi connectivity index (χ1v) is 19.6. The number of hydrogen-bond acceptors (Lipinski definition) is 4. The highest BCUT2D eigenvalue weighted by atomic mass is 32.1. The molecule has 11 aromatic rings. The molecule has 5 heteroatoms. The zero-order valence-electron chi connectivity index (χ0n) is 30.2. The molecule has 262 valence electrons. The monoisotopic (exact) mass is 732 g/mol. The molecule has 0 atom stereocenters. The van der Waals surface area contributed by atoms with Crippen LogP contribution in [0.2, 0.25) is 0 Å². The van der Waals surface area contributed by atoms with Crippen LogP contribution in [0.15, 0.2) is 194 Å². The van der Waals surface area contributed by atoms with Crippen LogP contribution < -0.4 is 0 Å². The van der Waals surface area contributed by atoms with Crippen molar-refractivity contribution in [2.24, 2.45) is 0 Å². The molecular formula is C51H32N4S. The van der Waals surface area contributed by atoms with Crippen LogP contribution in [0, 0.1) is 0 Å². The van der Waals surface area contributed by atoms with Crippen molar-refractivity contribution >= 4 is 53.3 Å². The Morgan fingerprint density at radius 2 is 0.768 bits per heavy atom. The van der Waals surface area contributed by atoms with Crippen molar-refractivity contribution in [3.8, 4) is 62.1 Å². The third-order valence-electron chi connectivity index (χ3n) is 10.7. The number of para-hydroxylation sites is 3. The molecule has 0 radical (unpaired) electrons. The van der Waals surface area contributed by atoms with Crippen LogP contribution in [-0.2, 0) is 0 Å². The highest BCUT2D eigenvalue weighted by Gasteiger charge is 2.21. The molecule has 0 N–H and O–H groups in total. The quantitative estimate of drug-likeness (QED) is 0.171. The first kappa shape index (κ1) is 32.2. The number of hydrogen-bond donors (Lipinski definition) is 0. The van der Waals surface area contributed by atoms with Crippen LogP contribution in [0.25, 0.3) is 104 Å². The van der Waals surface area contributed by atoms with Crippen LogP contribution in [0.1, 0.15) is 0 Å². The third kappa shape index (κ3) is 5.32. The van der Waals surface area contributed by atoms with Crippen LogP contribution in [0.5, 0.6) is 0 Å². The number of rotatable bonds is 6. The van der Waals surface area contributed by atoms with Crippen molar-refractivity contribution in [3.63, 3.8) is 0 Å². The zero-order chi connectivity index (χ0) is 37.0. The molecule has 0 bridgehead atoms. The van der Waals surface area contributed by atoms with E-state index in [1.165, 1.54) is 53.3 Å². The lowest BCUT2D eigenvalue weighted by Crippen LogP contribution is -2.00. The summed E-state index contributed by atoms with van der Waals surface area (Å²) in [7, 11) is 0. The fourth-order valence-corrected chi connectivity index (χ4v) is 9.30. The highest BCUT2D eigenvalue weighted by molar-refractivity contribution is 7.26. The number of benzene rings is 8. The molecule has 8 aromatic carbocycles. The molecular weight excluding hydrogens is 701 g/mol. The molecule has 0 aliphatic heterocycles. The van der Waals surface area contributed by atoms with E-state index in [0.29, 0.717) is 17.5 Å². The maximum absolute atomic E-state index is 5.25. The first-order valence-electron chi connectivity index (χ1n) is 18.8. The standard InChI is InChI=1S/C51H32N4S/c1-3-15-33(16-4-1)34-29-31-36(32-30-34)50-52-49(35-17-5-2-6-18-35)53-51(54-50)41-23-14-28-46-48(41)47-40(22-13-27-45(47)56-46)39-21-9-12-26-44(39)55-42-24-10-7-19-37(42)38-20-8-11-25-43(38)55/h1-32H. The minimum absolute atomic E-state index is 0.641. The Hall–Kier alpha value is -7.21. The summed E-state index contributed by atoms with van der Waals surface area (Å²) in [5, 5.41) is 4.84. The fourth-order valence-electron chi connectivity index (χ4n) is 8.14. The first-order chi connectivity index (χ1) is 27.8. The molecule has 56 heavy (non-hydrogen) atoms. The Morgan fingerprint density at radius 3 is 1.43 bits per heavy atom. The van der Waals surface area contributed by atoms with Crippen molar-refractivity contribution in [1.29, 1.82) is 0 Å². The minimum atomic E-state index is 0.641. The number of thiophene rings is 1. The Balaban J connectivity index is 1.14. The molecule has 0 saturated carbocycles. The maximum Gasteiger partial charge on any atom is 0.164 e. The van der Waals surface area contributed by atoms with E-state index in [9.17, 15) is 0 Å². The maximum atomic E-state index is 5.25. The van der Waals surface area contributed by atoms with Gasteiger partial charge in [-0.1, -0.05) is 164 Å². The second-order valence-electron chi connectivity index (χ2n) is 14.0. The van der Waals surface area contributed by atoms with Gasteiger partial charge in [-0.25, -0.2) is 15.0 Å². The second kappa shape index (κ2) is 13.3. The van der Waals surface area contributed by atoms with Gasteiger partial charge in [0.2, 0.25) is 0 Å². The van der Waals surface area contributed by atoms with Gasteiger partial charge in [-0.15, -0.1) is 11.3 Å². The van der Waals surface area contributed by atoms with Gasteiger partial charge < -0.3 is 4.57 Å². The summed E-state index contributed by atoms with van der Waals surface area (Å²) in [5.41, 5.74) is 11.0. The van der Waals surface area contributed by atoms with Gasteiger partial charge in [-0.2, -0.15) is 0 Å². The van der Waals surface area contributed by atoms with Crippen molar-refractivity contribution in [2.45, 2.75) is 0 Å². The molecule has 0 fully saturated rings. The molecule has 0 unspecified atom stereocenters. The predicted molar refractivity (Wildman–Crippen MR) is 234 cm³/mol. The van der Waals surface area contributed by atoms with Gasteiger partial charge in [-0.05, 0) is 47.0 Å². The average molecular weight is 733 g/mol. The average Bonchev–Trinajstić information content (AvgIpc) is 3.83. The van der Waals surface area contributed by atoms with E-state index in [2.05, 4.69) is 174 Å². The van der Waals surface area contributed by atoms with Crippen LogP contribution in [0.4, 0.5) is 0 Å². The Labute approximate surface area is 327 Å².